The molecule has 260 valence electrons. The summed E-state index contributed by atoms with van der Waals surface area (Å²) >= 11 is 0. The van der Waals surface area contributed by atoms with Gasteiger partial charge in [0.1, 0.15) is 0 Å². The number of hydrogen-bond donors (Lipinski definition) is 1. The van der Waals surface area contributed by atoms with Crippen molar-refractivity contribution >= 4 is 22.5 Å². The quantitative estimate of drug-likeness (QED) is 0.137. The average Bonchev–Trinajstić information content (AvgIpc) is 3.22. The molecule has 2 nitrogen and oxygen atoms in total. The van der Waals surface area contributed by atoms with Gasteiger partial charge in [0.15, 0.2) is 5.75 Å². The van der Waals surface area contributed by atoms with Gasteiger partial charge < -0.3 is 10.1 Å². The van der Waals surface area contributed by atoms with Gasteiger partial charge in [-0.05, 0) is 87.7 Å². The van der Waals surface area contributed by atoms with Crippen LogP contribution in [0.25, 0.3) is 44.5 Å². The van der Waals surface area contributed by atoms with Crippen LogP contribution in [0.5, 0.6) is 5.75 Å². The summed E-state index contributed by atoms with van der Waals surface area (Å²) < 4.78 is 6.26. The number of nitrogens with one attached hydrogen (secondary N) is 1. The SMILES string of the molecule is C=C(/C=C\C=C/C)c1ccc(-c2ccccc2-c2ccccc2)c(OC)c1Nc1ccc(-c2cccc(C3=CCC(C)(c4ccccc4)C=C3)c2)cc1. The van der Waals surface area contributed by atoms with Gasteiger partial charge in [-0.1, -0.05) is 177 Å². The van der Waals surface area contributed by atoms with E-state index in [0.29, 0.717) is 0 Å². The van der Waals surface area contributed by atoms with Crippen LogP contribution < -0.4 is 10.1 Å². The van der Waals surface area contributed by atoms with Crippen LogP contribution in [-0.4, -0.2) is 7.11 Å². The van der Waals surface area contributed by atoms with E-state index in [2.05, 4.69) is 177 Å². The number of allylic oxidation sites excluding steroid dienone is 9. The van der Waals surface area contributed by atoms with Gasteiger partial charge >= 0.3 is 0 Å². The second-order valence-electron chi connectivity index (χ2n) is 13.7. The van der Waals surface area contributed by atoms with Gasteiger partial charge in [0.2, 0.25) is 0 Å². The molecule has 0 amide bonds. The topological polar surface area (TPSA) is 21.3 Å². The average molecular weight is 688 g/mol. The predicted molar refractivity (Wildman–Crippen MR) is 228 cm³/mol. The van der Waals surface area contributed by atoms with Crippen LogP contribution in [0, 0.1) is 0 Å². The molecule has 7 rings (SSSR count). The summed E-state index contributed by atoms with van der Waals surface area (Å²) in [7, 11) is 1.74. The third-order valence-corrected chi connectivity index (χ3v) is 10.1. The molecule has 0 aliphatic heterocycles. The first kappa shape index (κ1) is 35.0. The number of methoxy groups -OCH3 is 1. The molecule has 53 heavy (non-hydrogen) atoms. The molecule has 1 N–H and O–H groups in total. The van der Waals surface area contributed by atoms with Crippen molar-refractivity contribution in [2.24, 2.45) is 0 Å². The summed E-state index contributed by atoms with van der Waals surface area (Å²) in [6.45, 7) is 8.76. The summed E-state index contributed by atoms with van der Waals surface area (Å²) in [5.74, 6) is 0.764. The van der Waals surface area contributed by atoms with Crippen molar-refractivity contribution in [3.05, 3.63) is 211 Å². The summed E-state index contributed by atoms with van der Waals surface area (Å²) in [6.07, 6.45) is 16.0. The van der Waals surface area contributed by atoms with E-state index in [1.807, 2.05) is 37.3 Å². The molecule has 0 saturated carbocycles. The Morgan fingerprint density at radius 3 is 2.06 bits per heavy atom. The molecule has 1 aliphatic carbocycles. The lowest BCUT2D eigenvalue weighted by Gasteiger charge is -2.29. The molecule has 0 bridgehead atoms. The summed E-state index contributed by atoms with van der Waals surface area (Å²) in [5, 5.41) is 3.74. The second-order valence-corrected chi connectivity index (χ2v) is 13.7. The largest absolute Gasteiger partial charge is 0.494 e. The van der Waals surface area contributed by atoms with Crippen molar-refractivity contribution in [3.8, 4) is 39.1 Å². The summed E-state index contributed by atoms with van der Waals surface area (Å²) in [6, 6.07) is 51.5. The van der Waals surface area contributed by atoms with Crippen LogP contribution in [0.3, 0.4) is 0 Å². The Bertz CT molecular complexity index is 2340. The molecule has 1 aliphatic rings. The lowest BCUT2D eigenvalue weighted by Crippen LogP contribution is -2.19. The molecule has 0 saturated heterocycles. The highest BCUT2D eigenvalue weighted by Gasteiger charge is 2.25. The van der Waals surface area contributed by atoms with Crippen molar-refractivity contribution in [2.75, 3.05) is 12.4 Å². The highest BCUT2D eigenvalue weighted by Crippen LogP contribution is 2.45. The van der Waals surface area contributed by atoms with Gasteiger partial charge in [-0.3, -0.25) is 0 Å². The van der Waals surface area contributed by atoms with E-state index in [9.17, 15) is 0 Å². The van der Waals surface area contributed by atoms with Gasteiger partial charge in [0.05, 0.1) is 12.8 Å². The number of hydrogen-bond acceptors (Lipinski definition) is 2. The Kier molecular flexibility index (Phi) is 10.5. The first-order valence-electron chi connectivity index (χ1n) is 18.2. The molecular weight excluding hydrogens is 643 g/mol. The molecule has 2 heteroatoms. The Labute approximate surface area is 314 Å². The van der Waals surface area contributed by atoms with E-state index in [0.717, 1.165) is 62.5 Å². The van der Waals surface area contributed by atoms with E-state index in [-0.39, 0.29) is 5.41 Å². The van der Waals surface area contributed by atoms with Crippen molar-refractivity contribution in [2.45, 2.75) is 25.7 Å². The van der Waals surface area contributed by atoms with Crippen LogP contribution in [0.1, 0.15) is 37.0 Å². The van der Waals surface area contributed by atoms with Gasteiger partial charge in [0, 0.05) is 22.2 Å². The number of rotatable bonds is 11. The summed E-state index contributed by atoms with van der Waals surface area (Å²) in [5.41, 5.74) is 14.3. The van der Waals surface area contributed by atoms with E-state index in [1.165, 1.54) is 22.3 Å². The molecule has 0 fully saturated rings. The Morgan fingerprint density at radius 2 is 1.36 bits per heavy atom. The molecule has 0 radical (unpaired) electrons. The Morgan fingerprint density at radius 1 is 0.679 bits per heavy atom. The maximum absolute atomic E-state index is 6.26. The zero-order valence-corrected chi connectivity index (χ0v) is 30.7. The van der Waals surface area contributed by atoms with E-state index in [4.69, 9.17) is 4.74 Å². The maximum atomic E-state index is 6.26. The van der Waals surface area contributed by atoms with Gasteiger partial charge in [0.25, 0.3) is 0 Å². The standard InChI is InChI=1S/C51H45NO/c1-5-6-9-17-37(2)45-30-31-48(47-25-15-14-24-46(47)40-18-10-7-11-19-40)50(53-4)49(45)52-44-28-26-38(27-29-44)41-20-16-21-42(36-41)39-32-34-51(3,35-33-39)43-22-12-8-13-23-43/h5-34,36,52H,2,35H2,1,3-4H3/b6-5-,17-9-. The van der Waals surface area contributed by atoms with Crippen molar-refractivity contribution in [1.82, 2.24) is 0 Å². The zero-order valence-electron chi connectivity index (χ0n) is 30.7. The first-order chi connectivity index (χ1) is 26.0. The van der Waals surface area contributed by atoms with Crippen molar-refractivity contribution in [1.29, 1.82) is 0 Å². The number of ether oxygens (including phenoxy) is 1. The van der Waals surface area contributed by atoms with Gasteiger partial charge in [-0.2, -0.15) is 0 Å². The molecule has 1 atom stereocenters. The van der Waals surface area contributed by atoms with Crippen molar-refractivity contribution < 1.29 is 4.74 Å². The lowest BCUT2D eigenvalue weighted by atomic mass is 9.75. The van der Waals surface area contributed by atoms with Gasteiger partial charge in [-0.25, -0.2) is 0 Å². The Hall–Kier alpha value is -6.38. The maximum Gasteiger partial charge on any atom is 0.150 e. The van der Waals surface area contributed by atoms with E-state index < -0.39 is 0 Å². The normalized spacial score (nSPS) is 15.4. The number of anilines is 2. The van der Waals surface area contributed by atoms with Crippen LogP contribution >= 0.6 is 0 Å². The van der Waals surface area contributed by atoms with Crippen molar-refractivity contribution in [3.63, 3.8) is 0 Å². The van der Waals surface area contributed by atoms with Crippen LogP contribution in [0.4, 0.5) is 11.4 Å². The molecule has 6 aromatic carbocycles. The van der Waals surface area contributed by atoms with Crippen LogP contribution in [0.2, 0.25) is 0 Å². The molecule has 0 aromatic heterocycles. The molecular formula is C51H45NO. The minimum atomic E-state index is 0.00769. The third-order valence-electron chi connectivity index (χ3n) is 10.1. The van der Waals surface area contributed by atoms with E-state index in [1.54, 1.807) is 7.11 Å². The number of benzene rings is 6. The first-order valence-corrected chi connectivity index (χ1v) is 18.2. The van der Waals surface area contributed by atoms with Crippen LogP contribution in [0.15, 0.2) is 195 Å². The second kappa shape index (κ2) is 15.9. The molecule has 0 heterocycles. The Balaban J connectivity index is 1.20. The fraction of sp³-hybridized carbons (Fsp3) is 0.0980. The highest BCUT2D eigenvalue weighted by molar-refractivity contribution is 5.95. The third kappa shape index (κ3) is 7.64. The van der Waals surface area contributed by atoms with Crippen LogP contribution in [-0.2, 0) is 5.41 Å². The predicted octanol–water partition coefficient (Wildman–Crippen LogP) is 13.9. The minimum Gasteiger partial charge on any atom is -0.494 e. The smallest absolute Gasteiger partial charge is 0.150 e. The fourth-order valence-electron chi connectivity index (χ4n) is 7.11. The molecule has 6 aromatic rings. The summed E-state index contributed by atoms with van der Waals surface area (Å²) in [4.78, 5) is 0. The zero-order chi connectivity index (χ0) is 36.6. The molecule has 0 spiro atoms. The van der Waals surface area contributed by atoms with Gasteiger partial charge in [-0.15, -0.1) is 0 Å². The fourth-order valence-corrected chi connectivity index (χ4v) is 7.11. The van der Waals surface area contributed by atoms with E-state index >= 15 is 0 Å². The lowest BCUT2D eigenvalue weighted by molar-refractivity contribution is 0.418. The minimum absolute atomic E-state index is 0.00769. The monoisotopic (exact) mass is 687 g/mol. The highest BCUT2D eigenvalue weighted by atomic mass is 16.5. The molecule has 1 unspecified atom stereocenters.